The quantitative estimate of drug-likeness (QED) is 0.304. The van der Waals surface area contributed by atoms with E-state index in [9.17, 15) is 5.26 Å². The lowest BCUT2D eigenvalue weighted by atomic mass is 9.72. The van der Waals surface area contributed by atoms with Crippen molar-refractivity contribution in [2.24, 2.45) is 16.3 Å². The van der Waals surface area contributed by atoms with Crippen LogP contribution in [0, 0.1) is 22.7 Å². The average molecular weight is 542 g/mol. The van der Waals surface area contributed by atoms with E-state index in [1.54, 1.807) is 11.3 Å². The van der Waals surface area contributed by atoms with Gasteiger partial charge in [0.2, 0.25) is 0 Å². The molecule has 0 bridgehead atoms. The smallest absolute Gasteiger partial charge is 0.134 e. The number of benzene rings is 2. The molecule has 6 heteroatoms. The van der Waals surface area contributed by atoms with Gasteiger partial charge in [-0.15, -0.1) is 11.3 Å². The van der Waals surface area contributed by atoms with Crippen LogP contribution in [0.2, 0.25) is 5.02 Å². The zero-order valence-electron chi connectivity index (χ0n) is 19.0. The Morgan fingerprint density at radius 2 is 2.06 bits per heavy atom. The highest BCUT2D eigenvalue weighted by atomic mass is 79.9. The van der Waals surface area contributed by atoms with Crippen molar-refractivity contribution in [3.8, 4) is 11.8 Å². The van der Waals surface area contributed by atoms with E-state index < -0.39 is 0 Å². The highest BCUT2D eigenvalue weighted by molar-refractivity contribution is 9.10. The Morgan fingerprint density at radius 1 is 1.27 bits per heavy atom. The summed E-state index contributed by atoms with van der Waals surface area (Å²) in [5.74, 6) is 1.38. The first kappa shape index (κ1) is 24.0. The topological polar surface area (TPSA) is 45.4 Å². The Balaban J connectivity index is 1.49. The molecule has 170 valence electrons. The Morgan fingerprint density at radius 3 is 2.76 bits per heavy atom. The summed E-state index contributed by atoms with van der Waals surface area (Å²) in [6, 6.07) is 15.9. The van der Waals surface area contributed by atoms with Gasteiger partial charge in [-0.3, -0.25) is 0 Å². The van der Waals surface area contributed by atoms with Crippen LogP contribution in [0.25, 0.3) is 0 Å². The molecule has 3 nitrogen and oxygen atoms in total. The molecule has 1 atom stereocenters. The molecular formula is C27H26BrClN2OS. The molecule has 1 aliphatic rings. The van der Waals surface area contributed by atoms with Crippen molar-refractivity contribution in [1.29, 1.82) is 5.26 Å². The first-order valence-corrected chi connectivity index (χ1v) is 13.0. The Bertz CT molecular complexity index is 1240. The van der Waals surface area contributed by atoms with Crippen molar-refractivity contribution in [3.63, 3.8) is 0 Å². The van der Waals surface area contributed by atoms with Crippen LogP contribution < -0.4 is 4.74 Å². The normalized spacial score (nSPS) is 15.9. The minimum absolute atomic E-state index is 0.278. The van der Waals surface area contributed by atoms with Gasteiger partial charge < -0.3 is 4.74 Å². The van der Waals surface area contributed by atoms with E-state index in [4.69, 9.17) is 21.3 Å². The van der Waals surface area contributed by atoms with E-state index in [0.717, 1.165) is 51.2 Å². The largest absolute Gasteiger partial charge is 0.488 e. The molecule has 2 aromatic carbocycles. The monoisotopic (exact) mass is 540 g/mol. The summed E-state index contributed by atoms with van der Waals surface area (Å²) in [5.41, 5.74) is 4.11. The lowest BCUT2D eigenvalue weighted by molar-refractivity contribution is 0.218. The van der Waals surface area contributed by atoms with Crippen molar-refractivity contribution in [1.82, 2.24) is 0 Å². The van der Waals surface area contributed by atoms with Gasteiger partial charge in [-0.05, 0) is 81.9 Å². The number of hydrogen-bond donors (Lipinski definition) is 0. The summed E-state index contributed by atoms with van der Waals surface area (Å²) in [4.78, 5) is 6.04. The zero-order chi connectivity index (χ0) is 23.6. The van der Waals surface area contributed by atoms with Gasteiger partial charge in [-0.1, -0.05) is 50.6 Å². The predicted octanol–water partition coefficient (Wildman–Crippen LogP) is 8.52. The summed E-state index contributed by atoms with van der Waals surface area (Å²) < 4.78 is 6.78. The van der Waals surface area contributed by atoms with Crippen LogP contribution in [0.3, 0.4) is 0 Å². The number of aliphatic imine (C=N–C) groups is 1. The SMILES string of the molecule is CC(C)(C)[C@H]1CCc2c(sc(N=Cc3ccc(OCc4ccccc4Cl)c(Br)c3)c2C#N)C1. The maximum absolute atomic E-state index is 9.79. The van der Waals surface area contributed by atoms with Crippen LogP contribution in [-0.2, 0) is 19.4 Å². The molecule has 0 aliphatic heterocycles. The van der Waals surface area contributed by atoms with Gasteiger partial charge in [0.05, 0.1) is 10.0 Å². The van der Waals surface area contributed by atoms with Gasteiger partial charge in [0, 0.05) is 21.7 Å². The number of rotatable bonds is 5. The highest BCUT2D eigenvalue weighted by Gasteiger charge is 2.32. The summed E-state index contributed by atoms with van der Waals surface area (Å²) in [6.45, 7) is 7.31. The highest BCUT2D eigenvalue weighted by Crippen LogP contribution is 2.45. The molecule has 3 aromatic rings. The molecule has 33 heavy (non-hydrogen) atoms. The Kier molecular flexibility index (Phi) is 7.28. The van der Waals surface area contributed by atoms with E-state index in [1.165, 1.54) is 10.4 Å². The third-order valence-electron chi connectivity index (χ3n) is 6.21. The summed E-state index contributed by atoms with van der Waals surface area (Å²) in [5, 5.41) is 11.3. The maximum Gasteiger partial charge on any atom is 0.134 e. The third-order valence-corrected chi connectivity index (χ3v) is 8.36. The number of nitrogens with zero attached hydrogens (tertiary/aromatic N) is 2. The number of hydrogen-bond acceptors (Lipinski definition) is 4. The van der Waals surface area contributed by atoms with Crippen molar-refractivity contribution >= 4 is 50.1 Å². The second-order valence-electron chi connectivity index (χ2n) is 9.43. The fourth-order valence-corrected chi connectivity index (χ4v) is 6.06. The van der Waals surface area contributed by atoms with Crippen LogP contribution >= 0.6 is 38.9 Å². The first-order chi connectivity index (χ1) is 15.8. The molecular weight excluding hydrogens is 516 g/mol. The van der Waals surface area contributed by atoms with Crippen LogP contribution in [0.1, 0.15) is 54.3 Å². The van der Waals surface area contributed by atoms with Crippen LogP contribution in [-0.4, -0.2) is 6.21 Å². The molecule has 4 rings (SSSR count). The molecule has 0 radical (unpaired) electrons. The van der Waals surface area contributed by atoms with Gasteiger partial charge in [0.25, 0.3) is 0 Å². The van der Waals surface area contributed by atoms with Crippen molar-refractivity contribution in [2.75, 3.05) is 0 Å². The molecule has 1 heterocycles. The van der Waals surface area contributed by atoms with Gasteiger partial charge in [-0.25, -0.2) is 4.99 Å². The number of ether oxygens (including phenoxy) is 1. The molecule has 0 amide bonds. The molecule has 0 unspecified atom stereocenters. The molecule has 0 fully saturated rings. The van der Waals surface area contributed by atoms with E-state index in [2.05, 4.69) is 42.8 Å². The van der Waals surface area contributed by atoms with E-state index in [-0.39, 0.29) is 5.41 Å². The standard InChI is InChI=1S/C27H26BrClN2OS/c1-27(2,3)19-9-10-20-21(14-30)26(33-25(20)13-19)31-15-17-8-11-24(22(28)12-17)32-16-18-6-4-5-7-23(18)29/h4-8,11-12,15,19H,9-10,13,16H2,1-3H3/t19-/m0/s1. The van der Waals surface area contributed by atoms with Gasteiger partial charge >= 0.3 is 0 Å². The number of thiophene rings is 1. The molecule has 0 N–H and O–H groups in total. The van der Waals surface area contributed by atoms with Crippen molar-refractivity contribution < 1.29 is 4.74 Å². The number of nitriles is 1. The fourth-order valence-electron chi connectivity index (χ4n) is 4.14. The summed E-state index contributed by atoms with van der Waals surface area (Å²) in [6.07, 6.45) is 4.96. The van der Waals surface area contributed by atoms with Crippen LogP contribution in [0.4, 0.5) is 5.00 Å². The maximum atomic E-state index is 9.79. The lowest BCUT2D eigenvalue weighted by Crippen LogP contribution is -2.26. The van der Waals surface area contributed by atoms with Crippen molar-refractivity contribution in [2.45, 2.75) is 46.6 Å². The molecule has 1 aliphatic carbocycles. The number of halogens is 2. The molecule has 0 saturated heterocycles. The molecule has 0 spiro atoms. The lowest BCUT2D eigenvalue weighted by Gasteiger charge is -2.33. The third kappa shape index (κ3) is 5.51. The van der Waals surface area contributed by atoms with Crippen LogP contribution in [0.15, 0.2) is 51.9 Å². The average Bonchev–Trinajstić information content (AvgIpc) is 3.14. The van der Waals surface area contributed by atoms with Gasteiger partial charge in [0.15, 0.2) is 0 Å². The first-order valence-electron chi connectivity index (χ1n) is 11.0. The summed E-state index contributed by atoms with van der Waals surface area (Å²) in [7, 11) is 0. The fraction of sp³-hybridized carbons (Fsp3) is 0.333. The molecule has 0 saturated carbocycles. The summed E-state index contributed by atoms with van der Waals surface area (Å²) >= 11 is 11.5. The van der Waals surface area contributed by atoms with Crippen LogP contribution in [0.5, 0.6) is 5.75 Å². The van der Waals surface area contributed by atoms with Gasteiger partial charge in [0.1, 0.15) is 23.4 Å². The Hall–Kier alpha value is -2.13. The van der Waals surface area contributed by atoms with E-state index in [1.807, 2.05) is 48.7 Å². The number of fused-ring (bicyclic) bond motifs is 1. The minimum atomic E-state index is 0.278. The van der Waals surface area contributed by atoms with E-state index >= 15 is 0 Å². The second kappa shape index (κ2) is 10.0. The second-order valence-corrected chi connectivity index (χ2v) is 11.8. The molecule has 1 aromatic heterocycles. The van der Waals surface area contributed by atoms with Crippen molar-refractivity contribution in [3.05, 3.63) is 79.1 Å². The van der Waals surface area contributed by atoms with E-state index in [0.29, 0.717) is 17.5 Å². The zero-order valence-corrected chi connectivity index (χ0v) is 22.1. The Labute approximate surface area is 213 Å². The van der Waals surface area contributed by atoms with Gasteiger partial charge in [-0.2, -0.15) is 5.26 Å². The predicted molar refractivity (Wildman–Crippen MR) is 141 cm³/mol. The minimum Gasteiger partial charge on any atom is -0.488 e.